The van der Waals surface area contributed by atoms with Crippen molar-refractivity contribution in [2.24, 2.45) is 0 Å². The van der Waals surface area contributed by atoms with Gasteiger partial charge in [0.2, 0.25) is 0 Å². The van der Waals surface area contributed by atoms with Gasteiger partial charge in [0.25, 0.3) is 0 Å². The zero-order chi connectivity index (χ0) is 37.5. The smallest absolute Gasteiger partial charge is 0.309 e. The molecular formula is C47H28F3N5. The molecule has 8 heteroatoms. The predicted octanol–water partition coefficient (Wildman–Crippen LogP) is 12.2. The highest BCUT2D eigenvalue weighted by Gasteiger charge is 2.31. The van der Waals surface area contributed by atoms with E-state index in [0.29, 0.717) is 39.7 Å². The summed E-state index contributed by atoms with van der Waals surface area (Å²) in [5, 5.41) is 11.4. The van der Waals surface area contributed by atoms with E-state index in [1.165, 1.54) is 12.1 Å². The Hall–Kier alpha value is -7.37. The number of nitriles is 1. The number of aromatic nitrogens is 4. The summed E-state index contributed by atoms with van der Waals surface area (Å²) in [5.74, 6) is 1.21. The Morgan fingerprint density at radius 1 is 0.455 bits per heavy atom. The quantitative estimate of drug-likeness (QED) is 0.172. The zero-order valence-corrected chi connectivity index (χ0v) is 29.0. The Bertz CT molecular complexity index is 2850. The summed E-state index contributed by atoms with van der Waals surface area (Å²) in [6.07, 6.45) is -4.52. The van der Waals surface area contributed by atoms with Crippen molar-refractivity contribution in [3.8, 4) is 68.2 Å². The number of nitrogens with zero attached hydrogens (tertiary/aromatic N) is 5. The molecular weight excluding hydrogens is 692 g/mol. The topological polar surface area (TPSA) is 67.4 Å². The van der Waals surface area contributed by atoms with Gasteiger partial charge in [-0.05, 0) is 76.9 Å². The molecule has 2 aromatic heterocycles. The van der Waals surface area contributed by atoms with Crippen LogP contribution in [0.5, 0.6) is 0 Å². The molecule has 0 aliphatic rings. The molecule has 9 aromatic rings. The molecule has 0 N–H and O–H groups in total. The largest absolute Gasteiger partial charge is 0.416 e. The minimum atomic E-state index is -4.52. The molecule has 0 atom stereocenters. The van der Waals surface area contributed by atoms with Gasteiger partial charge in [-0.2, -0.15) is 18.4 Å². The van der Waals surface area contributed by atoms with Gasteiger partial charge < -0.3 is 4.57 Å². The van der Waals surface area contributed by atoms with E-state index in [9.17, 15) is 18.4 Å². The van der Waals surface area contributed by atoms with Gasteiger partial charge in [0.05, 0.1) is 28.2 Å². The third kappa shape index (κ3) is 6.28. The molecule has 0 spiro atoms. The Labute approximate surface area is 314 Å². The van der Waals surface area contributed by atoms with Gasteiger partial charge in [0, 0.05) is 33.2 Å². The van der Waals surface area contributed by atoms with Crippen molar-refractivity contribution in [3.05, 3.63) is 181 Å². The number of hydrogen-bond donors (Lipinski definition) is 0. The van der Waals surface area contributed by atoms with Crippen LogP contribution < -0.4 is 0 Å². The molecule has 55 heavy (non-hydrogen) atoms. The van der Waals surface area contributed by atoms with Crippen LogP contribution in [0.2, 0.25) is 0 Å². The third-order valence-corrected chi connectivity index (χ3v) is 9.72. The number of rotatable bonds is 6. The molecule has 2 heterocycles. The van der Waals surface area contributed by atoms with Gasteiger partial charge in [-0.15, -0.1) is 0 Å². The van der Waals surface area contributed by atoms with Crippen molar-refractivity contribution in [2.45, 2.75) is 6.18 Å². The van der Waals surface area contributed by atoms with Crippen LogP contribution >= 0.6 is 0 Å². The monoisotopic (exact) mass is 719 g/mol. The van der Waals surface area contributed by atoms with Gasteiger partial charge in [0.1, 0.15) is 0 Å². The zero-order valence-electron chi connectivity index (χ0n) is 29.0. The van der Waals surface area contributed by atoms with Crippen LogP contribution in [0, 0.1) is 11.3 Å². The predicted molar refractivity (Wildman–Crippen MR) is 211 cm³/mol. The van der Waals surface area contributed by atoms with Crippen molar-refractivity contribution in [3.63, 3.8) is 0 Å². The molecule has 0 radical (unpaired) electrons. The molecule has 7 aromatic carbocycles. The van der Waals surface area contributed by atoms with Gasteiger partial charge in [0.15, 0.2) is 17.5 Å². The summed E-state index contributed by atoms with van der Waals surface area (Å²) in [4.78, 5) is 14.8. The SMILES string of the molecule is N#Cc1ccc(-c2ccc3c(c2)c2ccccc2n3-c2ccc(-c3cccc(C(F)(F)F)c3)c(-c3nc(-c4ccccc4)nc(-c4ccccc4)n3)c2)cc1. The van der Waals surface area contributed by atoms with E-state index in [1.54, 1.807) is 6.07 Å². The fraction of sp³-hybridized carbons (Fsp3) is 0.0213. The Morgan fingerprint density at radius 2 is 1.05 bits per heavy atom. The average Bonchev–Trinajstić information content (AvgIpc) is 3.57. The first-order valence-corrected chi connectivity index (χ1v) is 17.6. The molecule has 0 aliphatic carbocycles. The van der Waals surface area contributed by atoms with Crippen LogP contribution in [0.1, 0.15) is 11.1 Å². The molecule has 9 rings (SSSR count). The van der Waals surface area contributed by atoms with E-state index < -0.39 is 11.7 Å². The molecule has 262 valence electrons. The van der Waals surface area contributed by atoms with E-state index >= 15 is 0 Å². The van der Waals surface area contributed by atoms with Gasteiger partial charge >= 0.3 is 6.18 Å². The maximum Gasteiger partial charge on any atom is 0.416 e. The molecule has 0 bridgehead atoms. The van der Waals surface area contributed by atoms with Crippen molar-refractivity contribution in [1.82, 2.24) is 19.5 Å². The number of alkyl halides is 3. The van der Waals surface area contributed by atoms with Crippen LogP contribution in [-0.2, 0) is 6.18 Å². The summed E-state index contributed by atoms with van der Waals surface area (Å²) in [6.45, 7) is 0. The van der Waals surface area contributed by atoms with Crippen LogP contribution in [0.15, 0.2) is 170 Å². The molecule has 0 aliphatic heterocycles. The summed E-state index contributed by atoms with van der Waals surface area (Å²) in [7, 11) is 0. The molecule has 0 fully saturated rings. The summed E-state index contributed by atoms with van der Waals surface area (Å²) in [6, 6.07) is 54.3. The number of hydrogen-bond acceptors (Lipinski definition) is 4. The molecule has 0 saturated heterocycles. The number of para-hydroxylation sites is 1. The second kappa shape index (κ2) is 13.6. The van der Waals surface area contributed by atoms with Gasteiger partial charge in [-0.25, -0.2) is 15.0 Å². The first-order chi connectivity index (χ1) is 26.8. The van der Waals surface area contributed by atoms with Crippen LogP contribution in [-0.4, -0.2) is 19.5 Å². The third-order valence-electron chi connectivity index (χ3n) is 9.72. The second-order valence-corrected chi connectivity index (χ2v) is 13.1. The maximum absolute atomic E-state index is 14.1. The highest BCUT2D eigenvalue weighted by atomic mass is 19.4. The summed E-state index contributed by atoms with van der Waals surface area (Å²) in [5.41, 5.74) is 7.57. The van der Waals surface area contributed by atoms with Crippen molar-refractivity contribution >= 4 is 21.8 Å². The van der Waals surface area contributed by atoms with Crippen LogP contribution in [0.25, 0.3) is 83.9 Å². The summed E-state index contributed by atoms with van der Waals surface area (Å²) >= 11 is 0. The molecule has 0 amide bonds. The number of fused-ring (bicyclic) bond motifs is 3. The highest BCUT2D eigenvalue weighted by Crippen LogP contribution is 2.40. The Morgan fingerprint density at radius 3 is 1.73 bits per heavy atom. The average molecular weight is 720 g/mol. The number of benzene rings is 7. The lowest BCUT2D eigenvalue weighted by molar-refractivity contribution is -0.137. The van der Waals surface area contributed by atoms with E-state index in [4.69, 9.17) is 15.0 Å². The molecule has 0 saturated carbocycles. The van der Waals surface area contributed by atoms with Gasteiger partial charge in [-0.3, -0.25) is 0 Å². The van der Waals surface area contributed by atoms with Crippen LogP contribution in [0.3, 0.4) is 0 Å². The van der Waals surface area contributed by atoms with E-state index in [2.05, 4.69) is 41.0 Å². The standard InChI is InChI=1S/C47H28F3N5/c48-47(49,50)36-15-9-14-35(26-36)38-24-23-37(28-41(38)46-53-44(32-10-3-1-4-11-32)52-45(54-46)33-12-5-2-6-13-33)55-42-17-8-7-16-39(42)40-27-34(22-25-43(40)55)31-20-18-30(29-51)19-21-31/h1-28H. The minimum absolute atomic E-state index is 0.325. The maximum atomic E-state index is 14.1. The van der Waals surface area contributed by atoms with Gasteiger partial charge in [-0.1, -0.05) is 115 Å². The lowest BCUT2D eigenvalue weighted by Gasteiger charge is -2.16. The minimum Gasteiger partial charge on any atom is -0.309 e. The first-order valence-electron chi connectivity index (χ1n) is 17.6. The van der Waals surface area contributed by atoms with Crippen LogP contribution in [0.4, 0.5) is 13.2 Å². The molecule has 5 nitrogen and oxygen atoms in total. The number of halogens is 3. The van der Waals surface area contributed by atoms with Crippen molar-refractivity contribution < 1.29 is 13.2 Å². The van der Waals surface area contributed by atoms with Crippen molar-refractivity contribution in [1.29, 1.82) is 5.26 Å². The lowest BCUT2D eigenvalue weighted by Crippen LogP contribution is -2.05. The normalized spacial score (nSPS) is 11.5. The summed E-state index contributed by atoms with van der Waals surface area (Å²) < 4.78 is 44.3. The Kier molecular flexibility index (Phi) is 8.25. The highest BCUT2D eigenvalue weighted by molar-refractivity contribution is 6.10. The first kappa shape index (κ1) is 33.5. The Balaban J connectivity index is 1.30. The van der Waals surface area contributed by atoms with Crippen molar-refractivity contribution in [2.75, 3.05) is 0 Å². The fourth-order valence-corrected chi connectivity index (χ4v) is 7.07. The lowest BCUT2D eigenvalue weighted by atomic mass is 9.96. The van der Waals surface area contributed by atoms with E-state index in [0.717, 1.165) is 55.8 Å². The fourth-order valence-electron chi connectivity index (χ4n) is 7.07. The molecule has 0 unspecified atom stereocenters. The van der Waals surface area contributed by atoms with E-state index in [-0.39, 0.29) is 0 Å². The second-order valence-electron chi connectivity index (χ2n) is 13.1. The van der Waals surface area contributed by atoms with E-state index in [1.807, 2.05) is 115 Å².